The first-order valence-electron chi connectivity index (χ1n) is 10.5. The number of halogens is 1. The van der Waals surface area contributed by atoms with Gasteiger partial charge in [-0.15, -0.1) is 0 Å². The molecule has 0 radical (unpaired) electrons. The van der Waals surface area contributed by atoms with Gasteiger partial charge in [0.2, 0.25) is 5.82 Å². The van der Waals surface area contributed by atoms with Crippen LogP contribution in [0.4, 0.5) is 10.1 Å². The highest BCUT2D eigenvalue weighted by molar-refractivity contribution is 7.80. The lowest BCUT2D eigenvalue weighted by Gasteiger charge is -2.37. The van der Waals surface area contributed by atoms with E-state index in [1.165, 1.54) is 12.1 Å². The summed E-state index contributed by atoms with van der Waals surface area (Å²) in [7, 11) is 0. The number of anilines is 1. The van der Waals surface area contributed by atoms with E-state index in [4.69, 9.17) is 16.7 Å². The fourth-order valence-electron chi connectivity index (χ4n) is 4.00. The van der Waals surface area contributed by atoms with Crippen LogP contribution in [-0.4, -0.2) is 15.3 Å². The number of nitrogens with zero attached hydrogens (tertiary/aromatic N) is 3. The number of nitrogens with one attached hydrogen (secondary N) is 1. The highest BCUT2D eigenvalue weighted by Crippen LogP contribution is 2.39. The van der Waals surface area contributed by atoms with E-state index in [9.17, 15) is 4.39 Å². The van der Waals surface area contributed by atoms with Gasteiger partial charge in [-0.2, -0.15) is 4.98 Å². The molecule has 0 bridgehead atoms. The Kier molecular flexibility index (Phi) is 5.48. The second-order valence-corrected chi connectivity index (χ2v) is 8.28. The van der Waals surface area contributed by atoms with E-state index in [0.717, 1.165) is 33.6 Å². The highest BCUT2D eigenvalue weighted by Gasteiger charge is 2.34. The van der Waals surface area contributed by atoms with Crippen molar-refractivity contribution in [3.63, 3.8) is 0 Å². The van der Waals surface area contributed by atoms with E-state index in [-0.39, 0.29) is 5.82 Å². The molecule has 0 saturated heterocycles. The molecule has 0 aliphatic carbocycles. The van der Waals surface area contributed by atoms with Gasteiger partial charge in [0.15, 0.2) is 5.11 Å². The molecule has 0 fully saturated rings. The van der Waals surface area contributed by atoms with Gasteiger partial charge >= 0.3 is 0 Å². The fourth-order valence-corrected chi connectivity index (χ4v) is 4.36. The molecule has 0 saturated carbocycles. The van der Waals surface area contributed by atoms with Crippen LogP contribution in [0.25, 0.3) is 17.0 Å². The number of aromatic nitrogens is 2. The molecule has 4 aromatic rings. The molecule has 1 aromatic heterocycles. The zero-order chi connectivity index (χ0) is 22.9. The topological polar surface area (TPSA) is 54.2 Å². The fraction of sp³-hybridized carbons (Fsp3) is 0.115. The molecule has 3 aromatic carbocycles. The van der Waals surface area contributed by atoms with Gasteiger partial charge in [0.1, 0.15) is 5.82 Å². The molecule has 2 heterocycles. The second kappa shape index (κ2) is 8.60. The van der Waals surface area contributed by atoms with E-state index >= 15 is 0 Å². The number of hydrogen-bond acceptors (Lipinski definition) is 4. The molecule has 5 rings (SSSR count). The molecular formula is C26H21FN4OS. The maximum absolute atomic E-state index is 14.1. The average molecular weight is 457 g/mol. The summed E-state index contributed by atoms with van der Waals surface area (Å²) in [5.41, 5.74) is 5.20. The summed E-state index contributed by atoms with van der Waals surface area (Å²) < 4.78 is 19.8. The lowest BCUT2D eigenvalue weighted by atomic mass is 9.94. The van der Waals surface area contributed by atoms with Gasteiger partial charge in [-0.25, -0.2) is 4.39 Å². The van der Waals surface area contributed by atoms with Crippen molar-refractivity contribution in [1.29, 1.82) is 0 Å². The van der Waals surface area contributed by atoms with Crippen molar-refractivity contribution in [3.05, 3.63) is 107 Å². The van der Waals surface area contributed by atoms with Crippen LogP contribution in [0.5, 0.6) is 0 Å². The van der Waals surface area contributed by atoms with Gasteiger partial charge in [0.25, 0.3) is 5.89 Å². The number of allylic oxidation sites excluding steroid dienone is 1. The van der Waals surface area contributed by atoms with Gasteiger partial charge in [0, 0.05) is 16.9 Å². The monoisotopic (exact) mass is 456 g/mol. The Morgan fingerprint density at radius 2 is 1.73 bits per heavy atom. The quantitative estimate of drug-likeness (QED) is 0.377. The van der Waals surface area contributed by atoms with Crippen LogP contribution in [0.1, 0.15) is 30.0 Å². The molecule has 0 amide bonds. The van der Waals surface area contributed by atoms with Crippen molar-refractivity contribution in [3.8, 4) is 11.4 Å². The molecule has 1 aliphatic heterocycles. The van der Waals surface area contributed by atoms with Crippen LogP contribution in [0.3, 0.4) is 0 Å². The maximum atomic E-state index is 14.1. The van der Waals surface area contributed by atoms with E-state index < -0.39 is 6.04 Å². The zero-order valence-corrected chi connectivity index (χ0v) is 18.9. The predicted molar refractivity (Wildman–Crippen MR) is 131 cm³/mol. The first kappa shape index (κ1) is 21.0. The van der Waals surface area contributed by atoms with E-state index in [2.05, 4.69) is 15.5 Å². The van der Waals surface area contributed by atoms with Crippen molar-refractivity contribution < 1.29 is 8.91 Å². The Bertz CT molecular complexity index is 1350. The third kappa shape index (κ3) is 4.03. The largest absolute Gasteiger partial charge is 0.351 e. The summed E-state index contributed by atoms with van der Waals surface area (Å²) in [6, 6.07) is 23.7. The molecule has 1 atom stereocenters. The third-order valence-electron chi connectivity index (χ3n) is 5.65. The smallest absolute Gasteiger partial charge is 0.258 e. The minimum atomic E-state index is -0.445. The SMILES string of the molecule is CC1=C(c2nc(-c3ccccc3)no2)C(c2cccc(F)c2)NC(=S)N1c1ccc(C)cc1. The van der Waals surface area contributed by atoms with Crippen molar-refractivity contribution in [2.45, 2.75) is 19.9 Å². The standard InChI is InChI=1S/C26H21FN4OS/c1-16-11-13-21(14-12-16)31-17(2)22(23(28-26(31)33)19-9-6-10-20(27)15-19)25-29-24(30-32-25)18-7-4-3-5-8-18/h3-15,23H,1-2H3,(H,28,33). The molecule has 7 heteroatoms. The minimum Gasteiger partial charge on any atom is -0.351 e. The van der Waals surface area contributed by atoms with Gasteiger partial charge in [-0.3, -0.25) is 4.90 Å². The number of aryl methyl sites for hydroxylation is 1. The van der Waals surface area contributed by atoms with Crippen molar-refractivity contribution in [2.75, 3.05) is 4.90 Å². The first-order valence-corrected chi connectivity index (χ1v) is 10.9. The average Bonchev–Trinajstić information content (AvgIpc) is 3.30. The normalized spacial score (nSPS) is 16.2. The van der Waals surface area contributed by atoms with Crippen molar-refractivity contribution in [1.82, 2.24) is 15.5 Å². The Hall–Kier alpha value is -3.84. The van der Waals surface area contributed by atoms with E-state index in [1.807, 2.05) is 79.4 Å². The summed E-state index contributed by atoms with van der Waals surface area (Å²) in [6.45, 7) is 4.00. The molecular weight excluding hydrogens is 435 g/mol. The summed E-state index contributed by atoms with van der Waals surface area (Å²) >= 11 is 5.73. The van der Waals surface area contributed by atoms with Gasteiger partial charge < -0.3 is 9.84 Å². The Morgan fingerprint density at radius 1 is 0.970 bits per heavy atom. The molecule has 164 valence electrons. The van der Waals surface area contributed by atoms with Crippen LogP contribution < -0.4 is 10.2 Å². The molecule has 1 aliphatic rings. The molecule has 1 unspecified atom stereocenters. The zero-order valence-electron chi connectivity index (χ0n) is 18.1. The second-order valence-electron chi connectivity index (χ2n) is 7.90. The van der Waals surface area contributed by atoms with Gasteiger partial charge in [-0.1, -0.05) is 65.3 Å². The number of thiocarbonyl (C=S) groups is 1. The number of rotatable bonds is 4. The van der Waals surface area contributed by atoms with E-state index in [1.54, 1.807) is 6.07 Å². The lowest BCUT2D eigenvalue weighted by Crippen LogP contribution is -2.46. The molecule has 1 N–H and O–H groups in total. The minimum absolute atomic E-state index is 0.325. The van der Waals surface area contributed by atoms with Crippen LogP contribution in [0.15, 0.2) is 89.1 Å². The van der Waals surface area contributed by atoms with Gasteiger partial charge in [0.05, 0.1) is 11.6 Å². The Labute approximate surface area is 196 Å². The summed E-state index contributed by atoms with van der Waals surface area (Å²) in [4.78, 5) is 6.62. The maximum Gasteiger partial charge on any atom is 0.258 e. The number of benzene rings is 3. The Morgan fingerprint density at radius 3 is 2.45 bits per heavy atom. The van der Waals surface area contributed by atoms with Crippen molar-refractivity contribution in [2.24, 2.45) is 0 Å². The summed E-state index contributed by atoms with van der Waals surface area (Å²) in [6.07, 6.45) is 0. The Balaban J connectivity index is 1.66. The van der Waals surface area contributed by atoms with Crippen LogP contribution in [0, 0.1) is 12.7 Å². The lowest BCUT2D eigenvalue weighted by molar-refractivity contribution is 0.404. The van der Waals surface area contributed by atoms with E-state index in [0.29, 0.717) is 16.8 Å². The van der Waals surface area contributed by atoms with Crippen LogP contribution in [-0.2, 0) is 0 Å². The van der Waals surface area contributed by atoms with Gasteiger partial charge in [-0.05, 0) is 55.9 Å². The summed E-state index contributed by atoms with van der Waals surface area (Å²) in [5.74, 6) is 0.514. The first-order chi connectivity index (χ1) is 16.0. The summed E-state index contributed by atoms with van der Waals surface area (Å²) in [5, 5.41) is 8.06. The van der Waals surface area contributed by atoms with Crippen LogP contribution >= 0.6 is 12.2 Å². The molecule has 33 heavy (non-hydrogen) atoms. The van der Waals surface area contributed by atoms with Crippen LogP contribution in [0.2, 0.25) is 0 Å². The van der Waals surface area contributed by atoms with Crippen molar-refractivity contribution >= 4 is 28.6 Å². The molecule has 0 spiro atoms. The highest BCUT2D eigenvalue weighted by atomic mass is 32.1. The number of hydrogen-bond donors (Lipinski definition) is 1. The predicted octanol–water partition coefficient (Wildman–Crippen LogP) is 6.05. The molecule has 5 nitrogen and oxygen atoms in total. The third-order valence-corrected chi connectivity index (χ3v) is 5.95.